The highest BCUT2D eigenvalue weighted by Gasteiger charge is 2.21. The van der Waals surface area contributed by atoms with Gasteiger partial charge in [-0.1, -0.05) is 106 Å². The van der Waals surface area contributed by atoms with E-state index in [0.29, 0.717) is 25.9 Å². The lowest BCUT2D eigenvalue weighted by Crippen LogP contribution is -2.47. The summed E-state index contributed by atoms with van der Waals surface area (Å²) >= 11 is 0. The highest BCUT2D eigenvalue weighted by molar-refractivity contribution is 5.94. The number of carbonyl (C=O) groups excluding carboxylic acids is 2. The maximum atomic E-state index is 12.3. The van der Waals surface area contributed by atoms with Crippen molar-refractivity contribution < 1.29 is 29.4 Å². The van der Waals surface area contributed by atoms with E-state index in [4.69, 9.17) is 10.2 Å². The third-order valence-corrected chi connectivity index (χ3v) is 6.79. The number of unbranched alkanes of at least 4 members (excludes halogenated alkanes) is 8. The Hall–Kier alpha value is -3.76. The Labute approximate surface area is 242 Å². The molecule has 2 aromatic carbocycles. The summed E-state index contributed by atoms with van der Waals surface area (Å²) in [7, 11) is 0. The molecule has 0 aliphatic rings. The molecule has 224 valence electrons. The van der Waals surface area contributed by atoms with Crippen LogP contribution in [0.4, 0.5) is 9.59 Å². The van der Waals surface area contributed by atoms with Crippen molar-refractivity contribution in [2.45, 2.75) is 82.7 Å². The number of amides is 4. The molecule has 6 N–H and O–H groups in total. The Morgan fingerprint density at radius 3 is 1.15 bits per heavy atom. The summed E-state index contributed by atoms with van der Waals surface area (Å²) in [4.78, 5) is 46.3. The lowest BCUT2D eigenvalue weighted by molar-refractivity contribution is -0.123. The molecule has 0 aromatic heterocycles. The summed E-state index contributed by atoms with van der Waals surface area (Å²) in [5, 5.41) is 28.1. The maximum Gasteiger partial charge on any atom is 0.411 e. The number of carboxylic acid groups (broad SMARTS) is 2. The van der Waals surface area contributed by atoms with Crippen molar-refractivity contribution in [1.29, 1.82) is 0 Å². The summed E-state index contributed by atoms with van der Waals surface area (Å²) in [5.74, 6) is -1.07. The largest absolute Gasteiger partial charge is 0.465 e. The van der Waals surface area contributed by atoms with Crippen LogP contribution in [-0.4, -0.2) is 59.4 Å². The Bertz CT molecular complexity index is 968. The first-order chi connectivity index (χ1) is 19.8. The Morgan fingerprint density at radius 2 is 0.829 bits per heavy atom. The summed E-state index contributed by atoms with van der Waals surface area (Å²) in [6.45, 7) is 1.29. The maximum absolute atomic E-state index is 12.3. The van der Waals surface area contributed by atoms with Gasteiger partial charge >= 0.3 is 12.2 Å². The molecule has 0 saturated carbocycles. The van der Waals surface area contributed by atoms with Crippen LogP contribution < -0.4 is 21.3 Å². The SMILES string of the molecule is O=C(O)NC(=O)C(Cc1ccccc1)NCCCCCCCCCCCNC(Cc1ccccc1)C(=O)NC(=O)O. The summed E-state index contributed by atoms with van der Waals surface area (Å²) in [6, 6.07) is 17.9. The van der Waals surface area contributed by atoms with Gasteiger partial charge in [-0.15, -0.1) is 0 Å². The van der Waals surface area contributed by atoms with E-state index in [1.54, 1.807) is 0 Å². The molecule has 0 spiro atoms. The minimum atomic E-state index is -1.35. The van der Waals surface area contributed by atoms with Crippen LogP contribution in [-0.2, 0) is 22.4 Å². The first-order valence-electron chi connectivity index (χ1n) is 14.5. The van der Waals surface area contributed by atoms with Crippen molar-refractivity contribution in [2.24, 2.45) is 0 Å². The zero-order valence-corrected chi connectivity index (χ0v) is 23.6. The van der Waals surface area contributed by atoms with Gasteiger partial charge < -0.3 is 20.8 Å². The number of benzene rings is 2. The fourth-order valence-electron chi connectivity index (χ4n) is 4.64. The lowest BCUT2D eigenvalue weighted by atomic mass is 10.0. The van der Waals surface area contributed by atoms with Crippen LogP contribution in [0.1, 0.15) is 68.9 Å². The summed E-state index contributed by atoms with van der Waals surface area (Å²) < 4.78 is 0. The minimum Gasteiger partial charge on any atom is -0.465 e. The predicted molar refractivity (Wildman–Crippen MR) is 158 cm³/mol. The van der Waals surface area contributed by atoms with Gasteiger partial charge in [-0.05, 0) is 49.9 Å². The number of hydrogen-bond donors (Lipinski definition) is 6. The van der Waals surface area contributed by atoms with Gasteiger partial charge in [0.1, 0.15) is 0 Å². The van der Waals surface area contributed by atoms with Gasteiger partial charge in [0.2, 0.25) is 11.8 Å². The van der Waals surface area contributed by atoms with E-state index in [9.17, 15) is 19.2 Å². The van der Waals surface area contributed by atoms with Gasteiger partial charge in [-0.3, -0.25) is 20.2 Å². The average Bonchev–Trinajstić information content (AvgIpc) is 2.94. The third-order valence-electron chi connectivity index (χ3n) is 6.79. The van der Waals surface area contributed by atoms with Crippen molar-refractivity contribution in [3.63, 3.8) is 0 Å². The normalized spacial score (nSPS) is 12.3. The van der Waals surface area contributed by atoms with Gasteiger partial charge in [0.15, 0.2) is 0 Å². The molecule has 0 radical (unpaired) electrons. The molecule has 0 saturated heterocycles. The molecule has 0 bridgehead atoms. The molecule has 0 aliphatic carbocycles. The molecule has 2 atom stereocenters. The average molecular weight is 569 g/mol. The van der Waals surface area contributed by atoms with Gasteiger partial charge in [-0.2, -0.15) is 0 Å². The number of rotatable bonds is 20. The highest BCUT2D eigenvalue weighted by Crippen LogP contribution is 2.10. The first-order valence-corrected chi connectivity index (χ1v) is 14.5. The van der Waals surface area contributed by atoms with Crippen LogP contribution in [0, 0.1) is 0 Å². The van der Waals surface area contributed by atoms with Crippen LogP contribution in [0.15, 0.2) is 60.7 Å². The van der Waals surface area contributed by atoms with Crippen LogP contribution in [0.25, 0.3) is 0 Å². The molecule has 2 aromatic rings. The molecule has 10 nitrogen and oxygen atoms in total. The van der Waals surface area contributed by atoms with E-state index in [0.717, 1.165) is 68.9 Å². The fourth-order valence-corrected chi connectivity index (χ4v) is 4.64. The van der Waals surface area contributed by atoms with Crippen LogP contribution in [0.3, 0.4) is 0 Å². The summed E-state index contributed by atoms with van der Waals surface area (Å²) in [6.07, 6.45) is 7.71. The Morgan fingerprint density at radius 1 is 0.512 bits per heavy atom. The zero-order valence-electron chi connectivity index (χ0n) is 23.6. The van der Waals surface area contributed by atoms with Gasteiger partial charge in [-0.25, -0.2) is 9.59 Å². The quantitative estimate of drug-likeness (QED) is 0.128. The number of hydrogen-bond acceptors (Lipinski definition) is 6. The second kappa shape index (κ2) is 20.2. The Kier molecular flexibility index (Phi) is 16.5. The second-order valence-electron chi connectivity index (χ2n) is 10.2. The zero-order chi connectivity index (χ0) is 29.7. The van der Waals surface area contributed by atoms with E-state index in [2.05, 4.69) is 10.6 Å². The number of imide groups is 2. The van der Waals surface area contributed by atoms with Crippen molar-refractivity contribution in [3.05, 3.63) is 71.8 Å². The van der Waals surface area contributed by atoms with E-state index >= 15 is 0 Å². The third kappa shape index (κ3) is 15.6. The van der Waals surface area contributed by atoms with E-state index < -0.39 is 36.1 Å². The highest BCUT2D eigenvalue weighted by atomic mass is 16.4. The van der Waals surface area contributed by atoms with Crippen molar-refractivity contribution >= 4 is 24.0 Å². The standard InChI is InChI=1S/C31H44N4O6/c36-28(34-30(38)39)26(22-24-16-10-8-11-17-24)32-20-14-6-4-2-1-3-5-7-15-21-33-27(29(37)35-31(40)41)23-25-18-12-9-13-19-25/h8-13,16-19,26-27,32-33H,1-7,14-15,20-23H2,(H,34,36)(H,35,37)(H,38,39)(H,40,41). The molecule has 4 amide bonds. The molecule has 2 rings (SSSR count). The lowest BCUT2D eigenvalue weighted by Gasteiger charge is -2.17. The molecule has 2 unspecified atom stereocenters. The van der Waals surface area contributed by atoms with E-state index in [1.165, 1.54) is 0 Å². The monoisotopic (exact) mass is 568 g/mol. The number of carbonyl (C=O) groups is 4. The van der Waals surface area contributed by atoms with Crippen LogP contribution in [0.5, 0.6) is 0 Å². The van der Waals surface area contributed by atoms with Crippen molar-refractivity contribution in [1.82, 2.24) is 21.3 Å². The van der Waals surface area contributed by atoms with Crippen LogP contribution >= 0.6 is 0 Å². The first kappa shape index (κ1) is 33.4. The smallest absolute Gasteiger partial charge is 0.411 e. The van der Waals surface area contributed by atoms with Crippen molar-refractivity contribution in [3.8, 4) is 0 Å². The second-order valence-corrected chi connectivity index (χ2v) is 10.2. The van der Waals surface area contributed by atoms with Gasteiger partial charge in [0, 0.05) is 0 Å². The molecule has 0 fully saturated rings. The minimum absolute atomic E-state index is 0.429. The topological polar surface area (TPSA) is 157 Å². The molecule has 0 aliphatic heterocycles. The molecule has 0 heterocycles. The van der Waals surface area contributed by atoms with Gasteiger partial charge in [0.05, 0.1) is 12.1 Å². The predicted octanol–water partition coefficient (Wildman–Crippen LogP) is 4.49. The number of nitrogens with one attached hydrogen (secondary N) is 4. The summed E-state index contributed by atoms with van der Waals surface area (Å²) in [5.41, 5.74) is 1.94. The molecule has 10 heteroatoms. The molecular weight excluding hydrogens is 524 g/mol. The van der Waals surface area contributed by atoms with Gasteiger partial charge in [0.25, 0.3) is 0 Å². The molecule has 41 heavy (non-hydrogen) atoms. The van der Waals surface area contributed by atoms with E-state index in [1.807, 2.05) is 71.3 Å². The fraction of sp³-hybridized carbons (Fsp3) is 0.484. The van der Waals surface area contributed by atoms with E-state index in [-0.39, 0.29) is 0 Å². The van der Waals surface area contributed by atoms with Crippen LogP contribution in [0.2, 0.25) is 0 Å². The van der Waals surface area contributed by atoms with Crippen molar-refractivity contribution in [2.75, 3.05) is 13.1 Å². The molecular formula is C31H44N4O6. The Balaban J connectivity index is 1.53.